The van der Waals surface area contributed by atoms with Gasteiger partial charge in [0.15, 0.2) is 0 Å². The van der Waals surface area contributed by atoms with Crippen molar-refractivity contribution in [3.8, 4) is 0 Å². The summed E-state index contributed by atoms with van der Waals surface area (Å²) < 4.78 is 38.3. The summed E-state index contributed by atoms with van der Waals surface area (Å²) in [5, 5.41) is 2.39. The minimum atomic E-state index is -4.56. The number of primary amides is 1. The maximum Gasteiger partial charge on any atom is 0.416 e. The molecule has 0 fully saturated rings. The molecule has 0 spiro atoms. The van der Waals surface area contributed by atoms with E-state index >= 15 is 0 Å². The first-order chi connectivity index (χ1) is 10.1. The van der Waals surface area contributed by atoms with Gasteiger partial charge in [-0.25, -0.2) is 0 Å². The molecule has 0 aliphatic heterocycles. The summed E-state index contributed by atoms with van der Waals surface area (Å²) >= 11 is 0. The number of halogens is 4. The summed E-state index contributed by atoms with van der Waals surface area (Å²) in [5.74, 6) is -1.46. The van der Waals surface area contributed by atoms with Crippen LogP contribution in [0.4, 0.5) is 13.2 Å². The Morgan fingerprint density at radius 1 is 1.22 bits per heavy atom. The Kier molecular flexibility index (Phi) is 7.53. The third kappa shape index (κ3) is 5.40. The molecule has 1 aromatic carbocycles. The monoisotopic (exact) mass is 353 g/mol. The number of hydrogen-bond acceptors (Lipinski definition) is 3. The lowest BCUT2D eigenvalue weighted by Crippen LogP contribution is -2.52. The van der Waals surface area contributed by atoms with Gasteiger partial charge >= 0.3 is 6.18 Å². The average Bonchev–Trinajstić information content (AvgIpc) is 2.44. The molecule has 130 valence electrons. The second-order valence-corrected chi connectivity index (χ2v) is 5.01. The molecule has 1 rings (SSSR count). The molecule has 23 heavy (non-hydrogen) atoms. The standard InChI is InChI=1S/C14H18F3N3O2.ClH/c1-13(12(19)22,20-11(21)6-3-7-18)9-4-2-5-10(8-9)14(15,16)17;/h2,4-5,8H,3,6-7,18H2,1H3,(H2,19,22)(H,20,21);1H. The van der Waals surface area contributed by atoms with E-state index in [0.717, 1.165) is 18.2 Å². The van der Waals surface area contributed by atoms with Gasteiger partial charge in [0.05, 0.1) is 5.56 Å². The van der Waals surface area contributed by atoms with Crippen LogP contribution in [0, 0.1) is 0 Å². The fourth-order valence-electron chi connectivity index (χ4n) is 1.89. The smallest absolute Gasteiger partial charge is 0.367 e. The molecule has 0 aromatic heterocycles. The molecule has 9 heteroatoms. The SMILES string of the molecule is CC(NC(=O)CCCN)(C(N)=O)c1cccc(C(F)(F)F)c1.Cl. The van der Waals surface area contributed by atoms with Gasteiger partial charge in [0.1, 0.15) is 5.54 Å². The molecule has 0 bridgehead atoms. The first-order valence-corrected chi connectivity index (χ1v) is 6.60. The van der Waals surface area contributed by atoms with E-state index in [9.17, 15) is 22.8 Å². The van der Waals surface area contributed by atoms with E-state index in [1.54, 1.807) is 0 Å². The van der Waals surface area contributed by atoms with Gasteiger partial charge in [-0.15, -0.1) is 12.4 Å². The van der Waals surface area contributed by atoms with Gasteiger partial charge in [-0.05, 0) is 37.6 Å². The highest BCUT2D eigenvalue weighted by molar-refractivity contribution is 5.91. The van der Waals surface area contributed by atoms with E-state index in [2.05, 4.69) is 5.32 Å². The zero-order chi connectivity index (χ0) is 17.0. The van der Waals surface area contributed by atoms with E-state index in [1.807, 2.05) is 0 Å². The minimum absolute atomic E-state index is 0. The Hall–Kier alpha value is -1.80. The summed E-state index contributed by atoms with van der Waals surface area (Å²) in [7, 11) is 0. The lowest BCUT2D eigenvalue weighted by Gasteiger charge is -2.28. The van der Waals surface area contributed by atoms with Crippen molar-refractivity contribution < 1.29 is 22.8 Å². The molecule has 1 aromatic rings. The van der Waals surface area contributed by atoms with Gasteiger partial charge in [-0.1, -0.05) is 12.1 Å². The topological polar surface area (TPSA) is 98.2 Å². The number of amides is 2. The first-order valence-electron chi connectivity index (χ1n) is 6.60. The number of nitrogens with two attached hydrogens (primary N) is 2. The summed E-state index contributed by atoms with van der Waals surface area (Å²) in [6.45, 7) is 1.55. The molecule has 2 amide bonds. The molecule has 0 saturated carbocycles. The third-order valence-corrected chi connectivity index (χ3v) is 3.26. The first kappa shape index (κ1) is 21.2. The number of nitrogens with one attached hydrogen (secondary N) is 1. The highest BCUT2D eigenvalue weighted by Crippen LogP contribution is 2.32. The maximum absolute atomic E-state index is 12.8. The number of rotatable bonds is 6. The third-order valence-electron chi connectivity index (χ3n) is 3.26. The van der Waals surface area contributed by atoms with Crippen LogP contribution in [0.1, 0.15) is 30.9 Å². The zero-order valence-corrected chi connectivity index (χ0v) is 13.3. The largest absolute Gasteiger partial charge is 0.416 e. The fraction of sp³-hybridized carbons (Fsp3) is 0.429. The number of carbonyl (C=O) groups excluding carboxylic acids is 2. The number of alkyl halides is 3. The van der Waals surface area contributed by atoms with Crippen molar-refractivity contribution in [3.63, 3.8) is 0 Å². The molecule has 0 saturated heterocycles. The van der Waals surface area contributed by atoms with Crippen molar-refractivity contribution in [1.29, 1.82) is 0 Å². The van der Waals surface area contributed by atoms with Crippen molar-refractivity contribution >= 4 is 24.2 Å². The molecule has 5 nitrogen and oxygen atoms in total. The van der Waals surface area contributed by atoms with Crippen molar-refractivity contribution in [3.05, 3.63) is 35.4 Å². The predicted molar refractivity (Wildman–Crippen MR) is 81.7 cm³/mol. The van der Waals surface area contributed by atoms with Crippen LogP contribution < -0.4 is 16.8 Å². The van der Waals surface area contributed by atoms with E-state index in [0.29, 0.717) is 6.42 Å². The quantitative estimate of drug-likeness (QED) is 0.725. The summed E-state index contributed by atoms with van der Waals surface area (Å²) in [5.41, 5.74) is 7.88. The molecule has 0 aliphatic carbocycles. The number of benzene rings is 1. The summed E-state index contributed by atoms with van der Waals surface area (Å²) in [4.78, 5) is 23.5. The van der Waals surface area contributed by atoms with Gasteiger partial charge in [0.2, 0.25) is 11.8 Å². The maximum atomic E-state index is 12.8. The average molecular weight is 354 g/mol. The molecule has 1 unspecified atom stereocenters. The Morgan fingerprint density at radius 2 is 1.78 bits per heavy atom. The predicted octanol–water partition coefficient (Wildman–Crippen LogP) is 1.68. The van der Waals surface area contributed by atoms with E-state index < -0.39 is 29.1 Å². The van der Waals surface area contributed by atoms with Gasteiger partial charge in [0.25, 0.3) is 0 Å². The van der Waals surface area contributed by atoms with E-state index in [-0.39, 0.29) is 30.9 Å². The Morgan fingerprint density at radius 3 is 2.26 bits per heavy atom. The molecule has 5 N–H and O–H groups in total. The second-order valence-electron chi connectivity index (χ2n) is 5.01. The summed E-state index contributed by atoms with van der Waals surface area (Å²) in [6, 6.07) is 4.14. The van der Waals surface area contributed by atoms with E-state index in [4.69, 9.17) is 11.5 Å². The lowest BCUT2D eigenvalue weighted by atomic mass is 9.89. The molecule has 1 atom stereocenters. The van der Waals surface area contributed by atoms with Crippen molar-refractivity contribution in [2.45, 2.75) is 31.5 Å². The highest BCUT2D eigenvalue weighted by atomic mass is 35.5. The molecular weight excluding hydrogens is 335 g/mol. The fourth-order valence-corrected chi connectivity index (χ4v) is 1.89. The highest BCUT2D eigenvalue weighted by Gasteiger charge is 2.37. The van der Waals surface area contributed by atoms with Crippen LogP contribution in [0.3, 0.4) is 0 Å². The Bertz CT molecular complexity index is 566. The normalized spacial score (nSPS) is 13.6. The zero-order valence-electron chi connectivity index (χ0n) is 12.4. The Labute approximate surface area is 138 Å². The van der Waals surface area contributed by atoms with Gasteiger partial charge in [-0.3, -0.25) is 9.59 Å². The van der Waals surface area contributed by atoms with E-state index in [1.165, 1.54) is 13.0 Å². The number of hydrogen-bond donors (Lipinski definition) is 3. The van der Waals surface area contributed by atoms with Crippen LogP contribution in [0.15, 0.2) is 24.3 Å². The van der Waals surface area contributed by atoms with Gasteiger partial charge in [0, 0.05) is 6.42 Å². The van der Waals surface area contributed by atoms with Crippen LogP contribution in [-0.4, -0.2) is 18.4 Å². The van der Waals surface area contributed by atoms with Crippen molar-refractivity contribution in [2.24, 2.45) is 11.5 Å². The van der Waals surface area contributed by atoms with Crippen LogP contribution in [0.5, 0.6) is 0 Å². The molecule has 0 aliphatic rings. The van der Waals surface area contributed by atoms with Crippen LogP contribution in [0.25, 0.3) is 0 Å². The van der Waals surface area contributed by atoms with Gasteiger partial charge < -0.3 is 16.8 Å². The molecular formula is C14H19ClF3N3O2. The van der Waals surface area contributed by atoms with Gasteiger partial charge in [-0.2, -0.15) is 13.2 Å². The summed E-state index contributed by atoms with van der Waals surface area (Å²) in [6.07, 6.45) is -4.11. The minimum Gasteiger partial charge on any atom is -0.367 e. The molecule has 0 radical (unpaired) electrons. The van der Waals surface area contributed by atoms with Crippen molar-refractivity contribution in [1.82, 2.24) is 5.32 Å². The Balaban J connectivity index is 0.00000484. The van der Waals surface area contributed by atoms with Crippen LogP contribution in [-0.2, 0) is 21.3 Å². The van der Waals surface area contributed by atoms with Crippen LogP contribution in [0.2, 0.25) is 0 Å². The lowest BCUT2D eigenvalue weighted by molar-refractivity contribution is -0.138. The molecule has 0 heterocycles. The van der Waals surface area contributed by atoms with Crippen LogP contribution >= 0.6 is 12.4 Å². The number of carbonyl (C=O) groups is 2. The second kappa shape index (κ2) is 8.16. The van der Waals surface area contributed by atoms with Crippen molar-refractivity contribution in [2.75, 3.05) is 6.54 Å².